The molecule has 0 spiro atoms. The van der Waals surface area contributed by atoms with Crippen LogP contribution in [0.4, 0.5) is 29.1 Å². The molecule has 0 radical (unpaired) electrons. The monoisotopic (exact) mass is 452 g/mol. The summed E-state index contributed by atoms with van der Waals surface area (Å²) in [7, 11) is 0. The SMILES string of the molecule is Cc1ccc([C@H]2C[C@@H](C(F)(F)F)n3ncc(C(=O)Nc4ccc(F)c(Cl)c4)c3N2)cc1. The van der Waals surface area contributed by atoms with Gasteiger partial charge in [0.1, 0.15) is 17.2 Å². The Morgan fingerprint density at radius 2 is 1.94 bits per heavy atom. The molecule has 0 fully saturated rings. The number of halogens is 5. The fourth-order valence-corrected chi connectivity index (χ4v) is 3.70. The van der Waals surface area contributed by atoms with E-state index < -0.39 is 30.0 Å². The van der Waals surface area contributed by atoms with Gasteiger partial charge in [0.15, 0.2) is 6.04 Å². The lowest BCUT2D eigenvalue weighted by Gasteiger charge is -2.34. The summed E-state index contributed by atoms with van der Waals surface area (Å²) < 4.78 is 55.5. The molecule has 2 aromatic carbocycles. The van der Waals surface area contributed by atoms with Crippen LogP contribution in [0.25, 0.3) is 0 Å². The van der Waals surface area contributed by atoms with E-state index in [-0.39, 0.29) is 28.5 Å². The Bertz CT molecular complexity index is 1130. The molecule has 2 N–H and O–H groups in total. The number of benzene rings is 2. The normalized spacial score (nSPS) is 18.3. The summed E-state index contributed by atoms with van der Waals surface area (Å²) in [5, 5.41) is 9.18. The first-order valence-corrected chi connectivity index (χ1v) is 9.75. The predicted octanol–water partition coefficient (Wildman–Crippen LogP) is 5.90. The molecule has 1 aliphatic rings. The summed E-state index contributed by atoms with van der Waals surface area (Å²) in [6, 6.07) is 8.19. The summed E-state index contributed by atoms with van der Waals surface area (Å²) in [4.78, 5) is 12.8. The van der Waals surface area contributed by atoms with Crippen molar-refractivity contribution in [1.29, 1.82) is 0 Å². The largest absolute Gasteiger partial charge is 0.410 e. The van der Waals surface area contributed by atoms with Crippen LogP contribution in [0.5, 0.6) is 0 Å². The van der Waals surface area contributed by atoms with E-state index in [9.17, 15) is 22.4 Å². The first-order chi connectivity index (χ1) is 14.6. The third-order valence-electron chi connectivity index (χ3n) is 5.14. The van der Waals surface area contributed by atoms with Gasteiger partial charge in [-0.25, -0.2) is 9.07 Å². The number of carbonyl (C=O) groups is 1. The van der Waals surface area contributed by atoms with Crippen LogP contribution < -0.4 is 10.6 Å². The molecular formula is C21H17ClF4N4O. The first-order valence-electron chi connectivity index (χ1n) is 9.37. The standard InChI is InChI=1S/C21H17ClF4N4O/c1-11-2-4-12(5-3-11)17-9-18(21(24,25)26)30-19(29-17)14(10-27-30)20(31)28-13-6-7-16(23)15(22)8-13/h2-8,10,17-18,29H,9H2,1H3,(H,28,31)/t17-,18+/m1/s1. The molecule has 0 saturated carbocycles. The summed E-state index contributed by atoms with van der Waals surface area (Å²) in [5.74, 6) is -1.38. The minimum absolute atomic E-state index is 0.0372. The number of aryl methyl sites for hydroxylation is 1. The van der Waals surface area contributed by atoms with Crippen molar-refractivity contribution >= 4 is 29.0 Å². The average Bonchev–Trinajstić information content (AvgIpc) is 3.14. The third kappa shape index (κ3) is 4.23. The van der Waals surface area contributed by atoms with Crippen LogP contribution in [0.15, 0.2) is 48.7 Å². The first kappa shape index (κ1) is 21.2. The fourth-order valence-electron chi connectivity index (χ4n) is 3.52. The van der Waals surface area contributed by atoms with Crippen molar-refractivity contribution in [2.45, 2.75) is 31.6 Å². The van der Waals surface area contributed by atoms with Crippen LogP contribution in [-0.2, 0) is 0 Å². The molecule has 31 heavy (non-hydrogen) atoms. The molecule has 162 valence electrons. The molecule has 3 aromatic rings. The van der Waals surface area contributed by atoms with Crippen molar-refractivity contribution in [3.05, 3.63) is 76.2 Å². The second-order valence-electron chi connectivity index (χ2n) is 7.34. The van der Waals surface area contributed by atoms with Crippen LogP contribution in [0.3, 0.4) is 0 Å². The van der Waals surface area contributed by atoms with Gasteiger partial charge in [-0.05, 0) is 30.7 Å². The molecule has 10 heteroatoms. The van der Waals surface area contributed by atoms with Gasteiger partial charge in [0.2, 0.25) is 0 Å². The number of nitrogens with zero attached hydrogens (tertiary/aromatic N) is 2. The summed E-state index contributed by atoms with van der Waals surface area (Å²) in [5.41, 5.74) is 1.79. The summed E-state index contributed by atoms with van der Waals surface area (Å²) >= 11 is 5.72. The Balaban J connectivity index is 1.68. The number of anilines is 2. The molecule has 1 amide bonds. The lowest BCUT2D eigenvalue weighted by atomic mass is 9.96. The van der Waals surface area contributed by atoms with Gasteiger partial charge in [0, 0.05) is 12.1 Å². The van der Waals surface area contributed by atoms with Crippen LogP contribution in [0.1, 0.15) is 40.0 Å². The number of nitrogens with one attached hydrogen (secondary N) is 2. The van der Waals surface area contributed by atoms with E-state index in [0.717, 1.165) is 22.5 Å². The highest BCUT2D eigenvalue weighted by atomic mass is 35.5. The number of carbonyl (C=O) groups excluding carboxylic acids is 1. The minimum atomic E-state index is -4.55. The molecular weight excluding hydrogens is 436 g/mol. The Labute approximate surface area is 180 Å². The Kier molecular flexibility index (Phi) is 5.38. The zero-order valence-electron chi connectivity index (χ0n) is 16.2. The molecule has 1 aliphatic heterocycles. The van der Waals surface area contributed by atoms with Crippen molar-refractivity contribution in [3.63, 3.8) is 0 Å². The maximum atomic E-state index is 13.8. The van der Waals surface area contributed by atoms with Crippen LogP contribution in [0, 0.1) is 12.7 Å². The van der Waals surface area contributed by atoms with Gasteiger partial charge in [0.05, 0.1) is 17.3 Å². The zero-order valence-corrected chi connectivity index (χ0v) is 16.9. The molecule has 2 atom stereocenters. The van der Waals surface area contributed by atoms with Gasteiger partial charge in [-0.15, -0.1) is 0 Å². The maximum Gasteiger partial charge on any atom is 0.410 e. The lowest BCUT2D eigenvalue weighted by Crippen LogP contribution is -2.36. The second kappa shape index (κ2) is 7.88. The van der Waals surface area contributed by atoms with Gasteiger partial charge < -0.3 is 10.6 Å². The Morgan fingerprint density at radius 1 is 1.23 bits per heavy atom. The number of amides is 1. The molecule has 0 unspecified atom stereocenters. The highest BCUT2D eigenvalue weighted by Gasteiger charge is 2.47. The van der Waals surface area contributed by atoms with Crippen molar-refractivity contribution in [2.24, 2.45) is 0 Å². The molecule has 1 aromatic heterocycles. The van der Waals surface area contributed by atoms with Crippen LogP contribution in [0.2, 0.25) is 5.02 Å². The summed E-state index contributed by atoms with van der Waals surface area (Å²) in [6.07, 6.45) is -3.74. The quantitative estimate of drug-likeness (QED) is 0.487. The molecule has 0 saturated heterocycles. The predicted molar refractivity (Wildman–Crippen MR) is 109 cm³/mol. The molecule has 0 aliphatic carbocycles. The summed E-state index contributed by atoms with van der Waals surface area (Å²) in [6.45, 7) is 1.88. The van der Waals surface area contributed by atoms with E-state index in [4.69, 9.17) is 11.6 Å². The Hall–Kier alpha value is -3.07. The fraction of sp³-hybridized carbons (Fsp3) is 0.238. The molecule has 2 heterocycles. The zero-order chi connectivity index (χ0) is 22.3. The van der Waals surface area contributed by atoms with Gasteiger partial charge in [-0.3, -0.25) is 4.79 Å². The van der Waals surface area contributed by atoms with E-state index in [0.29, 0.717) is 5.56 Å². The van der Waals surface area contributed by atoms with Crippen molar-refractivity contribution < 1.29 is 22.4 Å². The second-order valence-corrected chi connectivity index (χ2v) is 7.74. The third-order valence-corrected chi connectivity index (χ3v) is 5.43. The number of hydrogen-bond acceptors (Lipinski definition) is 3. The van der Waals surface area contributed by atoms with Crippen molar-refractivity contribution in [1.82, 2.24) is 9.78 Å². The smallest absolute Gasteiger partial charge is 0.363 e. The lowest BCUT2D eigenvalue weighted by molar-refractivity contribution is -0.173. The van der Waals surface area contributed by atoms with Crippen molar-refractivity contribution in [3.8, 4) is 0 Å². The number of hydrogen-bond donors (Lipinski definition) is 2. The number of fused-ring (bicyclic) bond motifs is 1. The number of alkyl halides is 3. The topological polar surface area (TPSA) is 59.0 Å². The van der Waals surface area contributed by atoms with E-state index >= 15 is 0 Å². The minimum Gasteiger partial charge on any atom is -0.363 e. The number of rotatable bonds is 3. The Morgan fingerprint density at radius 3 is 2.58 bits per heavy atom. The van der Waals surface area contributed by atoms with E-state index in [1.54, 1.807) is 12.1 Å². The molecule has 0 bridgehead atoms. The van der Waals surface area contributed by atoms with Gasteiger partial charge in [0.25, 0.3) is 5.91 Å². The van der Waals surface area contributed by atoms with E-state index in [2.05, 4.69) is 15.7 Å². The maximum absolute atomic E-state index is 13.8. The van der Waals surface area contributed by atoms with Gasteiger partial charge in [-0.1, -0.05) is 41.4 Å². The van der Waals surface area contributed by atoms with Gasteiger partial charge >= 0.3 is 6.18 Å². The van der Waals surface area contributed by atoms with E-state index in [1.807, 2.05) is 19.1 Å². The highest BCUT2D eigenvalue weighted by molar-refractivity contribution is 6.31. The average molecular weight is 453 g/mol. The van der Waals surface area contributed by atoms with Gasteiger partial charge in [-0.2, -0.15) is 18.3 Å². The van der Waals surface area contributed by atoms with Crippen LogP contribution in [-0.4, -0.2) is 21.9 Å². The molecule has 5 nitrogen and oxygen atoms in total. The number of aromatic nitrogens is 2. The van der Waals surface area contributed by atoms with E-state index in [1.165, 1.54) is 12.1 Å². The van der Waals surface area contributed by atoms with Crippen molar-refractivity contribution in [2.75, 3.05) is 10.6 Å². The van der Waals surface area contributed by atoms with Crippen LogP contribution >= 0.6 is 11.6 Å². The highest BCUT2D eigenvalue weighted by Crippen LogP contribution is 2.44. The molecule has 4 rings (SSSR count).